The SMILES string of the molecule is CC(C)COc1cnc(C(=O)Cc2cccc([C@]3(C)CCSC(N)=N3)c2)cn1. The molecule has 0 saturated heterocycles. The van der Waals surface area contributed by atoms with Gasteiger partial charge in [0.15, 0.2) is 11.0 Å². The monoisotopic (exact) mass is 398 g/mol. The highest BCUT2D eigenvalue weighted by atomic mass is 32.2. The van der Waals surface area contributed by atoms with Crippen LogP contribution in [0.25, 0.3) is 0 Å². The third kappa shape index (κ3) is 5.10. The first-order chi connectivity index (χ1) is 13.4. The van der Waals surface area contributed by atoms with E-state index in [1.54, 1.807) is 11.8 Å². The molecule has 3 rings (SSSR count). The standard InChI is InChI=1S/C21H26N4O2S/c1-14(2)13-27-19-12-23-17(11-24-19)18(26)10-15-5-4-6-16(9-15)21(3)7-8-28-20(22)25-21/h4-6,9,11-12,14H,7-8,10,13H2,1-3H3,(H2,22,25)/t21-/m0/s1. The molecule has 1 aromatic heterocycles. The fourth-order valence-corrected chi connectivity index (χ4v) is 3.95. The molecule has 0 saturated carbocycles. The molecule has 0 radical (unpaired) electrons. The number of ketones is 1. The predicted octanol–water partition coefficient (Wildman–Crippen LogP) is 3.60. The maximum Gasteiger partial charge on any atom is 0.232 e. The number of benzene rings is 1. The summed E-state index contributed by atoms with van der Waals surface area (Å²) in [5.41, 5.74) is 7.92. The van der Waals surface area contributed by atoms with Crippen molar-refractivity contribution in [3.05, 3.63) is 53.5 Å². The Morgan fingerprint density at radius 1 is 1.32 bits per heavy atom. The van der Waals surface area contributed by atoms with Gasteiger partial charge >= 0.3 is 0 Å². The van der Waals surface area contributed by atoms with Crippen molar-refractivity contribution in [2.45, 2.75) is 39.2 Å². The number of amidine groups is 1. The van der Waals surface area contributed by atoms with Crippen LogP contribution >= 0.6 is 11.8 Å². The van der Waals surface area contributed by atoms with Gasteiger partial charge in [0.25, 0.3) is 0 Å². The molecule has 0 unspecified atom stereocenters. The van der Waals surface area contributed by atoms with Gasteiger partial charge in [0, 0.05) is 12.2 Å². The first kappa shape index (κ1) is 20.3. The van der Waals surface area contributed by atoms with Crippen molar-refractivity contribution < 1.29 is 9.53 Å². The zero-order chi connectivity index (χ0) is 20.1. The number of ether oxygens (including phenoxy) is 1. The molecule has 1 aromatic carbocycles. The van der Waals surface area contributed by atoms with E-state index in [2.05, 4.69) is 35.7 Å². The Balaban J connectivity index is 1.70. The molecule has 0 fully saturated rings. The van der Waals surface area contributed by atoms with Crippen LogP contribution in [0.15, 0.2) is 41.7 Å². The third-order valence-corrected chi connectivity index (χ3v) is 5.38. The summed E-state index contributed by atoms with van der Waals surface area (Å²) in [6, 6.07) is 7.99. The maximum atomic E-state index is 12.6. The topological polar surface area (TPSA) is 90.5 Å². The molecule has 2 N–H and O–H groups in total. The van der Waals surface area contributed by atoms with Gasteiger partial charge in [-0.3, -0.25) is 9.79 Å². The lowest BCUT2D eigenvalue weighted by molar-refractivity contribution is 0.0987. The van der Waals surface area contributed by atoms with Crippen LogP contribution in [0.1, 0.15) is 48.8 Å². The van der Waals surface area contributed by atoms with Crippen molar-refractivity contribution in [3.63, 3.8) is 0 Å². The van der Waals surface area contributed by atoms with Crippen molar-refractivity contribution >= 4 is 22.7 Å². The van der Waals surface area contributed by atoms with Gasteiger partial charge in [0.2, 0.25) is 5.88 Å². The quantitative estimate of drug-likeness (QED) is 0.717. The first-order valence-electron chi connectivity index (χ1n) is 9.41. The van der Waals surface area contributed by atoms with Crippen LogP contribution in [-0.4, -0.2) is 33.3 Å². The van der Waals surface area contributed by atoms with E-state index in [1.807, 2.05) is 24.3 Å². The van der Waals surface area contributed by atoms with Crippen molar-refractivity contribution in [1.29, 1.82) is 0 Å². The second-order valence-corrected chi connectivity index (χ2v) is 8.68. The van der Waals surface area contributed by atoms with E-state index in [0.717, 1.165) is 23.3 Å². The molecule has 1 atom stereocenters. The minimum Gasteiger partial charge on any atom is -0.476 e. The average molecular weight is 399 g/mol. The Morgan fingerprint density at radius 3 is 2.82 bits per heavy atom. The van der Waals surface area contributed by atoms with Gasteiger partial charge in [-0.2, -0.15) is 0 Å². The Kier molecular flexibility index (Phi) is 6.34. The number of aromatic nitrogens is 2. The largest absolute Gasteiger partial charge is 0.476 e. The number of aliphatic imine (C=N–C) groups is 1. The molecule has 0 bridgehead atoms. The summed E-state index contributed by atoms with van der Waals surface area (Å²) in [6.07, 6.45) is 4.16. The molecule has 2 heterocycles. The molecule has 6 nitrogen and oxygen atoms in total. The smallest absolute Gasteiger partial charge is 0.232 e. The molecular weight excluding hydrogens is 372 g/mol. The molecule has 0 aliphatic carbocycles. The fourth-order valence-electron chi connectivity index (χ4n) is 2.97. The second kappa shape index (κ2) is 8.73. The molecule has 28 heavy (non-hydrogen) atoms. The van der Waals surface area contributed by atoms with E-state index in [9.17, 15) is 4.79 Å². The predicted molar refractivity (Wildman–Crippen MR) is 113 cm³/mol. The Hall–Kier alpha value is -2.41. The lowest BCUT2D eigenvalue weighted by atomic mass is 9.88. The van der Waals surface area contributed by atoms with E-state index in [4.69, 9.17) is 10.5 Å². The van der Waals surface area contributed by atoms with Gasteiger partial charge in [0.05, 0.1) is 24.5 Å². The number of thioether (sulfide) groups is 1. The zero-order valence-electron chi connectivity index (χ0n) is 16.5. The number of hydrogen-bond acceptors (Lipinski definition) is 7. The van der Waals surface area contributed by atoms with Crippen LogP contribution in [0, 0.1) is 5.92 Å². The van der Waals surface area contributed by atoms with Crippen LogP contribution in [0.2, 0.25) is 0 Å². The maximum absolute atomic E-state index is 12.6. The van der Waals surface area contributed by atoms with E-state index >= 15 is 0 Å². The zero-order valence-corrected chi connectivity index (χ0v) is 17.3. The number of nitrogens with zero attached hydrogens (tertiary/aromatic N) is 3. The highest BCUT2D eigenvalue weighted by molar-refractivity contribution is 8.13. The van der Waals surface area contributed by atoms with Crippen LogP contribution in [0.3, 0.4) is 0 Å². The molecule has 0 spiro atoms. The summed E-state index contributed by atoms with van der Waals surface area (Å²) < 4.78 is 5.51. The number of rotatable bonds is 7. The Morgan fingerprint density at radius 2 is 2.14 bits per heavy atom. The van der Waals surface area contributed by atoms with Crippen LogP contribution in [0.5, 0.6) is 5.88 Å². The number of hydrogen-bond donors (Lipinski definition) is 1. The highest BCUT2D eigenvalue weighted by Crippen LogP contribution is 2.35. The van der Waals surface area contributed by atoms with Gasteiger partial charge in [-0.15, -0.1) is 0 Å². The highest BCUT2D eigenvalue weighted by Gasteiger charge is 2.29. The van der Waals surface area contributed by atoms with Crippen LogP contribution < -0.4 is 10.5 Å². The van der Waals surface area contributed by atoms with E-state index < -0.39 is 0 Å². The average Bonchev–Trinajstić information content (AvgIpc) is 2.67. The van der Waals surface area contributed by atoms with Gasteiger partial charge < -0.3 is 10.5 Å². The summed E-state index contributed by atoms with van der Waals surface area (Å²) in [5, 5.41) is 0.616. The van der Waals surface area contributed by atoms with Gasteiger partial charge in [-0.1, -0.05) is 49.9 Å². The van der Waals surface area contributed by atoms with Gasteiger partial charge in [0.1, 0.15) is 5.69 Å². The minimum absolute atomic E-state index is 0.0765. The van der Waals surface area contributed by atoms with Gasteiger partial charge in [-0.25, -0.2) is 9.97 Å². The minimum atomic E-state index is -0.344. The van der Waals surface area contributed by atoms with Gasteiger partial charge in [-0.05, 0) is 30.4 Å². The van der Waals surface area contributed by atoms with Crippen LogP contribution in [-0.2, 0) is 12.0 Å². The lowest BCUT2D eigenvalue weighted by Gasteiger charge is -2.30. The molecule has 1 aliphatic heterocycles. The van der Waals surface area contributed by atoms with Crippen molar-refractivity contribution in [3.8, 4) is 5.88 Å². The molecule has 7 heteroatoms. The first-order valence-corrected chi connectivity index (χ1v) is 10.4. The molecular formula is C21H26N4O2S. The second-order valence-electron chi connectivity index (χ2n) is 7.57. The molecule has 1 aliphatic rings. The number of carbonyl (C=O) groups is 1. The number of carbonyl (C=O) groups excluding carboxylic acids is 1. The van der Waals surface area contributed by atoms with Crippen molar-refractivity contribution in [2.24, 2.45) is 16.6 Å². The Bertz CT molecular complexity index is 867. The van der Waals surface area contributed by atoms with E-state index in [0.29, 0.717) is 29.3 Å². The summed E-state index contributed by atoms with van der Waals surface area (Å²) >= 11 is 1.58. The normalized spacial score (nSPS) is 19.4. The lowest BCUT2D eigenvalue weighted by Crippen LogP contribution is -2.28. The fraction of sp³-hybridized carbons (Fsp3) is 0.429. The van der Waals surface area contributed by atoms with Crippen molar-refractivity contribution in [1.82, 2.24) is 9.97 Å². The molecule has 0 amide bonds. The summed E-state index contributed by atoms with van der Waals surface area (Å²) in [4.78, 5) is 25.6. The third-order valence-electron chi connectivity index (χ3n) is 4.59. The summed E-state index contributed by atoms with van der Waals surface area (Å²) in [7, 11) is 0. The number of nitrogens with two attached hydrogens (primary N) is 1. The van der Waals surface area contributed by atoms with Crippen LogP contribution in [0.4, 0.5) is 0 Å². The van der Waals surface area contributed by atoms with E-state index in [-0.39, 0.29) is 17.7 Å². The summed E-state index contributed by atoms with van der Waals surface area (Å²) in [5.74, 6) is 1.70. The molecule has 2 aromatic rings. The van der Waals surface area contributed by atoms with Crippen molar-refractivity contribution in [2.75, 3.05) is 12.4 Å². The van der Waals surface area contributed by atoms with E-state index in [1.165, 1.54) is 12.4 Å². The molecule has 148 valence electrons. The Labute approximate surface area is 170 Å². The summed E-state index contributed by atoms with van der Waals surface area (Å²) in [6.45, 7) is 6.78. The number of Topliss-reactive ketones (excluding diaryl/α,β-unsaturated/α-hetero) is 1.